The third-order valence-electron chi connectivity index (χ3n) is 8.31. The van der Waals surface area contributed by atoms with Crippen LogP contribution < -0.4 is 25.8 Å². The molecule has 3 amide bonds. The Balaban J connectivity index is 1.29. The van der Waals surface area contributed by atoms with Gasteiger partial charge < -0.3 is 30.9 Å². The first-order valence-corrected chi connectivity index (χ1v) is 18.5. The SMILES string of the molecule is O=C(CCNc1ccc([N+](=O)[O-])c2nonc12)N[C@H](Cc1ccccc1)C(=O)N[C@H](Cc1ccccc1)C(=O)N[C@H](Cc1ccc(OP(=O)(O)O)cc1)C(=O)O. The number of amides is 3. The number of hydrogen-bond acceptors (Lipinski definition) is 12. The summed E-state index contributed by atoms with van der Waals surface area (Å²) in [5, 5.41) is 39.5. The van der Waals surface area contributed by atoms with Gasteiger partial charge in [-0.2, -0.15) is 0 Å². The van der Waals surface area contributed by atoms with E-state index in [-0.39, 0.29) is 54.7 Å². The van der Waals surface area contributed by atoms with Crippen LogP contribution in [-0.4, -0.2) is 78.5 Å². The standard InChI is InChI=1S/C36H36N7O12P/c44-31(17-18-37-26-15-16-30(43(49)50)33-32(26)41-55-42-33)38-27(19-22-7-3-1-4-8-22)34(45)39-28(20-23-9-5-2-6-10-23)35(46)40-29(36(47)48)21-24-11-13-25(14-12-24)54-56(51,52)53/h1-16,27-29,37H,17-21H2,(H,38,44)(H,39,45)(H,40,46)(H,47,48)(H2,51,52,53)/t27-,28-,29-/m1/s1. The molecule has 7 N–H and O–H groups in total. The molecule has 56 heavy (non-hydrogen) atoms. The zero-order valence-corrected chi connectivity index (χ0v) is 30.2. The predicted octanol–water partition coefficient (Wildman–Crippen LogP) is 2.67. The van der Waals surface area contributed by atoms with Gasteiger partial charge in [0.2, 0.25) is 23.2 Å². The first-order valence-electron chi connectivity index (χ1n) is 16.9. The molecule has 0 fully saturated rings. The van der Waals surface area contributed by atoms with E-state index in [0.29, 0.717) is 22.4 Å². The molecule has 3 atom stereocenters. The number of nitrogens with zero attached hydrogens (tertiary/aromatic N) is 3. The van der Waals surface area contributed by atoms with Crippen molar-refractivity contribution in [1.29, 1.82) is 0 Å². The van der Waals surface area contributed by atoms with E-state index >= 15 is 0 Å². The summed E-state index contributed by atoms with van der Waals surface area (Å²) < 4.78 is 20.3. The highest BCUT2D eigenvalue weighted by Crippen LogP contribution is 2.37. The van der Waals surface area contributed by atoms with Gasteiger partial charge in [0, 0.05) is 38.3 Å². The lowest BCUT2D eigenvalue weighted by Crippen LogP contribution is -2.57. The lowest BCUT2D eigenvalue weighted by atomic mass is 10.0. The summed E-state index contributed by atoms with van der Waals surface area (Å²) in [6, 6.07) is 21.5. The maximum Gasteiger partial charge on any atom is 0.524 e. The van der Waals surface area contributed by atoms with Crippen molar-refractivity contribution in [1.82, 2.24) is 26.3 Å². The molecule has 0 bridgehead atoms. The van der Waals surface area contributed by atoms with Gasteiger partial charge in [-0.3, -0.25) is 34.3 Å². The number of phosphoric ester groups is 1. The van der Waals surface area contributed by atoms with Crippen molar-refractivity contribution >= 4 is 53.9 Å². The summed E-state index contributed by atoms with van der Waals surface area (Å²) in [6.45, 7) is 0.0281. The number of phosphoric acid groups is 1. The minimum absolute atomic E-state index is 0.0281. The molecule has 19 nitrogen and oxygen atoms in total. The van der Waals surface area contributed by atoms with Crippen LogP contribution in [0.4, 0.5) is 11.4 Å². The Morgan fingerprint density at radius 3 is 1.80 bits per heavy atom. The Labute approximate surface area is 317 Å². The molecule has 292 valence electrons. The molecule has 4 aromatic carbocycles. The second-order valence-electron chi connectivity index (χ2n) is 12.4. The number of fused-ring (bicyclic) bond motifs is 1. The lowest BCUT2D eigenvalue weighted by molar-refractivity contribution is -0.383. The monoisotopic (exact) mass is 789 g/mol. The van der Waals surface area contributed by atoms with E-state index in [1.165, 1.54) is 36.4 Å². The van der Waals surface area contributed by atoms with Crippen LogP contribution in [0.5, 0.6) is 5.75 Å². The van der Waals surface area contributed by atoms with Crippen LogP contribution in [0.25, 0.3) is 11.0 Å². The van der Waals surface area contributed by atoms with Gasteiger partial charge in [0.15, 0.2) is 5.52 Å². The van der Waals surface area contributed by atoms with E-state index in [4.69, 9.17) is 9.79 Å². The van der Waals surface area contributed by atoms with Gasteiger partial charge in [-0.1, -0.05) is 72.8 Å². The quantitative estimate of drug-likeness (QED) is 0.0360. The number of carboxylic acid groups (broad SMARTS) is 1. The highest BCUT2D eigenvalue weighted by Gasteiger charge is 2.30. The minimum atomic E-state index is -4.81. The number of carbonyl (C=O) groups is 4. The molecular formula is C36H36N7O12P. The predicted molar refractivity (Wildman–Crippen MR) is 198 cm³/mol. The van der Waals surface area contributed by atoms with Gasteiger partial charge >= 0.3 is 19.5 Å². The number of non-ortho nitro benzene ring substituents is 1. The molecule has 0 aliphatic heterocycles. The number of aliphatic carboxylic acids is 1. The average Bonchev–Trinajstić information content (AvgIpc) is 3.65. The summed E-state index contributed by atoms with van der Waals surface area (Å²) >= 11 is 0. The number of carboxylic acids is 1. The van der Waals surface area contributed by atoms with E-state index in [0.717, 1.165) is 0 Å². The number of anilines is 1. The first kappa shape index (κ1) is 40.5. The van der Waals surface area contributed by atoms with Crippen LogP contribution in [0.3, 0.4) is 0 Å². The second-order valence-corrected chi connectivity index (χ2v) is 13.6. The van der Waals surface area contributed by atoms with Crippen molar-refractivity contribution in [2.75, 3.05) is 11.9 Å². The zero-order chi connectivity index (χ0) is 40.2. The largest absolute Gasteiger partial charge is 0.524 e. The molecule has 0 radical (unpaired) electrons. The molecule has 20 heteroatoms. The van der Waals surface area contributed by atoms with Crippen LogP contribution in [0.2, 0.25) is 0 Å². The molecule has 5 aromatic rings. The number of nitro groups is 1. The molecule has 1 aromatic heterocycles. The molecule has 0 saturated heterocycles. The summed E-state index contributed by atoms with van der Waals surface area (Å²) in [5.74, 6) is -3.61. The van der Waals surface area contributed by atoms with Gasteiger partial charge in [0.05, 0.1) is 10.6 Å². The molecule has 0 unspecified atom stereocenters. The summed E-state index contributed by atoms with van der Waals surface area (Å²) in [5.41, 5.74) is 1.80. The summed E-state index contributed by atoms with van der Waals surface area (Å²) in [7, 11) is -4.81. The third kappa shape index (κ3) is 11.7. The Morgan fingerprint density at radius 1 is 0.732 bits per heavy atom. The van der Waals surface area contributed by atoms with Gasteiger partial charge in [-0.15, -0.1) is 0 Å². The maximum absolute atomic E-state index is 13.9. The number of rotatable bonds is 19. The van der Waals surface area contributed by atoms with Crippen LogP contribution >= 0.6 is 7.82 Å². The Kier molecular flexibility index (Phi) is 13.4. The van der Waals surface area contributed by atoms with Crippen LogP contribution in [0.1, 0.15) is 23.1 Å². The Bertz CT molecular complexity index is 2220. The third-order valence-corrected chi connectivity index (χ3v) is 8.76. The van der Waals surface area contributed by atoms with E-state index < -0.39 is 54.6 Å². The number of nitro benzene ring substituents is 1. The minimum Gasteiger partial charge on any atom is -0.480 e. The van der Waals surface area contributed by atoms with Crippen molar-refractivity contribution in [2.24, 2.45) is 0 Å². The van der Waals surface area contributed by atoms with Crippen molar-refractivity contribution in [3.05, 3.63) is 124 Å². The molecule has 0 aliphatic rings. The van der Waals surface area contributed by atoms with Crippen LogP contribution in [-0.2, 0) is 43.0 Å². The molecule has 0 aliphatic carbocycles. The number of benzene rings is 4. The fourth-order valence-corrected chi connectivity index (χ4v) is 6.04. The lowest BCUT2D eigenvalue weighted by Gasteiger charge is -2.25. The summed E-state index contributed by atoms with van der Waals surface area (Å²) in [6.07, 6.45) is -0.361. The van der Waals surface area contributed by atoms with Crippen molar-refractivity contribution in [3.8, 4) is 5.75 Å². The van der Waals surface area contributed by atoms with E-state index in [9.17, 15) is 39.0 Å². The smallest absolute Gasteiger partial charge is 0.480 e. The topological polar surface area (TPSA) is 285 Å². The van der Waals surface area contributed by atoms with Crippen LogP contribution in [0.15, 0.2) is 102 Å². The number of carbonyl (C=O) groups excluding carboxylic acids is 3. The number of hydrogen-bond donors (Lipinski definition) is 7. The Morgan fingerprint density at radius 2 is 1.25 bits per heavy atom. The van der Waals surface area contributed by atoms with Gasteiger partial charge in [-0.05, 0) is 45.2 Å². The molecule has 0 spiro atoms. The van der Waals surface area contributed by atoms with E-state index in [1.54, 1.807) is 60.7 Å². The van der Waals surface area contributed by atoms with Gasteiger partial charge in [0.1, 0.15) is 23.9 Å². The molecule has 1 heterocycles. The van der Waals surface area contributed by atoms with Crippen molar-refractivity contribution in [2.45, 2.75) is 43.8 Å². The van der Waals surface area contributed by atoms with Gasteiger partial charge in [-0.25, -0.2) is 14.0 Å². The molecular weight excluding hydrogens is 753 g/mol. The molecule has 0 saturated carbocycles. The van der Waals surface area contributed by atoms with Gasteiger partial charge in [0.25, 0.3) is 0 Å². The summed E-state index contributed by atoms with van der Waals surface area (Å²) in [4.78, 5) is 82.0. The second kappa shape index (κ2) is 18.6. The Hall–Kier alpha value is -6.69. The van der Waals surface area contributed by atoms with Crippen molar-refractivity contribution < 1.29 is 52.7 Å². The normalized spacial score (nSPS) is 12.8. The average molecular weight is 790 g/mol. The van der Waals surface area contributed by atoms with E-state index in [2.05, 4.69) is 40.7 Å². The fourth-order valence-electron chi connectivity index (χ4n) is 5.64. The van der Waals surface area contributed by atoms with E-state index in [1.807, 2.05) is 0 Å². The number of nitrogens with one attached hydrogen (secondary N) is 4. The van der Waals surface area contributed by atoms with Crippen molar-refractivity contribution in [3.63, 3.8) is 0 Å². The maximum atomic E-state index is 13.9. The number of aromatic nitrogens is 2. The fraction of sp³-hybridized carbons (Fsp3) is 0.222. The zero-order valence-electron chi connectivity index (χ0n) is 29.3. The first-order chi connectivity index (χ1) is 26.8. The molecule has 5 rings (SSSR count). The van der Waals surface area contributed by atoms with Crippen LogP contribution in [0, 0.1) is 10.1 Å². The highest BCUT2D eigenvalue weighted by molar-refractivity contribution is 7.46. The highest BCUT2D eigenvalue weighted by atomic mass is 31.2.